The fraction of sp³-hybridized carbons (Fsp3) is 0.300. The number of ether oxygens (including phenoxy) is 4. The lowest BCUT2D eigenvalue weighted by Gasteiger charge is -2.26. The summed E-state index contributed by atoms with van der Waals surface area (Å²) in [5.41, 5.74) is 0.837. The summed E-state index contributed by atoms with van der Waals surface area (Å²) in [5, 5.41) is 3.26. The zero-order valence-electron chi connectivity index (χ0n) is 15.3. The molecule has 0 saturated carbocycles. The van der Waals surface area contributed by atoms with Crippen LogP contribution >= 0.6 is 11.6 Å². The second-order valence-electron chi connectivity index (χ2n) is 6.16. The third-order valence-electron chi connectivity index (χ3n) is 3.94. The zero-order chi connectivity index (χ0) is 19.9. The molecular formula is C20H20ClNO6. The standard InChI is InChI=1S/C20H20ClNO6/c1-13-8-14(6-7-16(13)21)25-12-20(24)27-11-19(23)22-9-15-10-26-17-4-2-3-5-18(17)28-15/h2-8,15H,9-12H2,1H3,(H,22,23). The number of amides is 1. The van der Waals surface area contributed by atoms with E-state index in [1.807, 2.05) is 25.1 Å². The first kappa shape index (κ1) is 19.8. The quantitative estimate of drug-likeness (QED) is 0.713. The molecule has 148 valence electrons. The molecule has 2 aromatic carbocycles. The Balaban J connectivity index is 1.34. The first-order chi connectivity index (χ1) is 13.5. The van der Waals surface area contributed by atoms with Crippen molar-refractivity contribution in [3.05, 3.63) is 53.1 Å². The molecule has 0 aromatic heterocycles. The molecule has 0 saturated heterocycles. The average molecular weight is 406 g/mol. The Kier molecular flexibility index (Phi) is 6.60. The van der Waals surface area contributed by atoms with Crippen LogP contribution in [-0.2, 0) is 14.3 Å². The van der Waals surface area contributed by atoms with Gasteiger partial charge < -0.3 is 24.3 Å². The Hall–Kier alpha value is -2.93. The van der Waals surface area contributed by atoms with E-state index in [0.717, 1.165) is 5.56 Å². The monoisotopic (exact) mass is 405 g/mol. The number of para-hydroxylation sites is 2. The largest absolute Gasteiger partial charge is 0.486 e. The topological polar surface area (TPSA) is 83.1 Å². The van der Waals surface area contributed by atoms with Crippen LogP contribution in [0.15, 0.2) is 42.5 Å². The highest BCUT2D eigenvalue weighted by Crippen LogP contribution is 2.30. The van der Waals surface area contributed by atoms with Crippen LogP contribution in [0.25, 0.3) is 0 Å². The molecule has 8 heteroatoms. The Morgan fingerprint density at radius 2 is 1.96 bits per heavy atom. The fourth-order valence-corrected chi connectivity index (χ4v) is 2.60. The molecular weight excluding hydrogens is 386 g/mol. The minimum Gasteiger partial charge on any atom is -0.486 e. The molecule has 1 aliphatic heterocycles. The van der Waals surface area contributed by atoms with Gasteiger partial charge in [-0.1, -0.05) is 23.7 Å². The number of esters is 1. The lowest BCUT2D eigenvalue weighted by Crippen LogP contribution is -2.42. The number of carbonyl (C=O) groups is 2. The van der Waals surface area contributed by atoms with Crippen LogP contribution in [0.5, 0.6) is 17.2 Å². The lowest BCUT2D eigenvalue weighted by atomic mass is 10.2. The Morgan fingerprint density at radius 1 is 1.18 bits per heavy atom. The van der Waals surface area contributed by atoms with Gasteiger partial charge in [-0.2, -0.15) is 0 Å². The fourth-order valence-electron chi connectivity index (χ4n) is 2.48. The van der Waals surface area contributed by atoms with Crippen molar-refractivity contribution >= 4 is 23.5 Å². The van der Waals surface area contributed by atoms with Crippen LogP contribution in [0.1, 0.15) is 5.56 Å². The molecule has 0 fully saturated rings. The number of carbonyl (C=O) groups excluding carboxylic acids is 2. The van der Waals surface area contributed by atoms with Gasteiger partial charge in [0.05, 0.1) is 6.54 Å². The SMILES string of the molecule is Cc1cc(OCC(=O)OCC(=O)NCC2COc3ccccc3O2)ccc1Cl. The molecule has 1 unspecified atom stereocenters. The molecule has 1 heterocycles. The lowest BCUT2D eigenvalue weighted by molar-refractivity contribution is -0.150. The molecule has 0 aliphatic carbocycles. The van der Waals surface area contributed by atoms with Gasteiger partial charge in [-0.05, 0) is 42.8 Å². The molecule has 2 aromatic rings. The summed E-state index contributed by atoms with van der Waals surface area (Å²) in [6.07, 6.45) is -0.314. The van der Waals surface area contributed by atoms with Gasteiger partial charge in [0.2, 0.25) is 0 Å². The van der Waals surface area contributed by atoms with E-state index in [9.17, 15) is 9.59 Å². The van der Waals surface area contributed by atoms with Crippen molar-refractivity contribution in [2.24, 2.45) is 0 Å². The van der Waals surface area contributed by atoms with E-state index in [1.165, 1.54) is 0 Å². The maximum Gasteiger partial charge on any atom is 0.344 e. The molecule has 28 heavy (non-hydrogen) atoms. The maximum atomic E-state index is 11.9. The van der Waals surface area contributed by atoms with Gasteiger partial charge in [-0.25, -0.2) is 4.79 Å². The van der Waals surface area contributed by atoms with Gasteiger partial charge >= 0.3 is 5.97 Å². The minimum atomic E-state index is -0.645. The molecule has 1 amide bonds. The Bertz CT molecular complexity index is 856. The van der Waals surface area contributed by atoms with Gasteiger partial charge in [-0.15, -0.1) is 0 Å². The number of hydrogen-bond acceptors (Lipinski definition) is 6. The molecule has 0 radical (unpaired) electrons. The van der Waals surface area contributed by atoms with E-state index in [4.69, 9.17) is 30.5 Å². The molecule has 0 bridgehead atoms. The Morgan fingerprint density at radius 3 is 2.75 bits per heavy atom. The highest BCUT2D eigenvalue weighted by molar-refractivity contribution is 6.31. The summed E-state index contributed by atoms with van der Waals surface area (Å²) in [7, 11) is 0. The summed E-state index contributed by atoms with van der Waals surface area (Å²) in [6.45, 7) is 1.70. The van der Waals surface area contributed by atoms with Gasteiger partial charge in [0.15, 0.2) is 24.7 Å². The van der Waals surface area contributed by atoms with Crippen molar-refractivity contribution in [1.29, 1.82) is 0 Å². The molecule has 1 N–H and O–H groups in total. The summed E-state index contributed by atoms with van der Waals surface area (Å²) < 4.78 is 21.5. The number of halogens is 1. The van der Waals surface area contributed by atoms with Crippen molar-refractivity contribution in [1.82, 2.24) is 5.32 Å². The minimum absolute atomic E-state index is 0.241. The third-order valence-corrected chi connectivity index (χ3v) is 4.37. The zero-order valence-corrected chi connectivity index (χ0v) is 16.0. The van der Waals surface area contributed by atoms with Crippen LogP contribution < -0.4 is 19.5 Å². The number of aryl methyl sites for hydroxylation is 1. The summed E-state index contributed by atoms with van der Waals surface area (Å²) in [6, 6.07) is 12.4. The first-order valence-corrected chi connectivity index (χ1v) is 9.09. The first-order valence-electron chi connectivity index (χ1n) is 8.71. The number of fused-ring (bicyclic) bond motifs is 1. The van der Waals surface area contributed by atoms with Gasteiger partial charge in [-0.3, -0.25) is 4.79 Å². The molecule has 3 rings (SSSR count). The maximum absolute atomic E-state index is 11.9. The van der Waals surface area contributed by atoms with E-state index < -0.39 is 18.5 Å². The number of hydrogen-bond donors (Lipinski definition) is 1. The summed E-state index contributed by atoms with van der Waals surface area (Å²) in [4.78, 5) is 23.6. The second kappa shape index (κ2) is 9.32. The van der Waals surface area contributed by atoms with E-state index >= 15 is 0 Å². The normalized spacial score (nSPS) is 14.9. The second-order valence-corrected chi connectivity index (χ2v) is 6.57. The van der Waals surface area contributed by atoms with Gasteiger partial charge in [0.25, 0.3) is 5.91 Å². The van der Waals surface area contributed by atoms with Crippen LogP contribution in [0.2, 0.25) is 5.02 Å². The number of benzene rings is 2. The molecule has 1 aliphatic rings. The van der Waals surface area contributed by atoms with E-state index in [-0.39, 0.29) is 19.3 Å². The summed E-state index contributed by atoms with van der Waals surface area (Å²) in [5.74, 6) is 0.731. The van der Waals surface area contributed by atoms with Gasteiger partial charge in [0.1, 0.15) is 18.5 Å². The predicted molar refractivity (Wildman–Crippen MR) is 102 cm³/mol. The van der Waals surface area contributed by atoms with E-state index in [1.54, 1.807) is 24.3 Å². The van der Waals surface area contributed by atoms with Crippen molar-refractivity contribution < 1.29 is 28.5 Å². The van der Waals surface area contributed by atoms with Crippen molar-refractivity contribution in [3.63, 3.8) is 0 Å². The van der Waals surface area contributed by atoms with Crippen molar-refractivity contribution in [2.75, 3.05) is 26.4 Å². The number of nitrogens with one attached hydrogen (secondary N) is 1. The smallest absolute Gasteiger partial charge is 0.344 e. The molecule has 0 spiro atoms. The molecule has 7 nitrogen and oxygen atoms in total. The van der Waals surface area contributed by atoms with Crippen LogP contribution in [-0.4, -0.2) is 44.3 Å². The van der Waals surface area contributed by atoms with Gasteiger partial charge in [0, 0.05) is 5.02 Å². The third kappa shape index (κ3) is 5.53. The van der Waals surface area contributed by atoms with E-state index in [2.05, 4.69) is 5.32 Å². The number of rotatable bonds is 7. The average Bonchev–Trinajstić information content (AvgIpc) is 2.71. The van der Waals surface area contributed by atoms with Crippen molar-refractivity contribution in [3.8, 4) is 17.2 Å². The van der Waals surface area contributed by atoms with Crippen LogP contribution in [0, 0.1) is 6.92 Å². The summed E-state index contributed by atoms with van der Waals surface area (Å²) >= 11 is 5.93. The van der Waals surface area contributed by atoms with E-state index in [0.29, 0.717) is 28.9 Å². The van der Waals surface area contributed by atoms with Crippen LogP contribution in [0.3, 0.4) is 0 Å². The predicted octanol–water partition coefficient (Wildman–Crippen LogP) is 2.53. The highest BCUT2D eigenvalue weighted by Gasteiger charge is 2.21. The Labute approximate surface area is 167 Å². The molecule has 1 atom stereocenters. The highest BCUT2D eigenvalue weighted by atomic mass is 35.5. The van der Waals surface area contributed by atoms with Crippen molar-refractivity contribution in [2.45, 2.75) is 13.0 Å². The van der Waals surface area contributed by atoms with Crippen LogP contribution in [0.4, 0.5) is 0 Å².